The minimum atomic E-state index is -0.604. The van der Waals surface area contributed by atoms with Gasteiger partial charge in [-0.2, -0.15) is 0 Å². The minimum absolute atomic E-state index is 0.247. The van der Waals surface area contributed by atoms with E-state index < -0.39 is 5.91 Å². The van der Waals surface area contributed by atoms with Crippen LogP contribution in [0.15, 0.2) is 36.5 Å². The second-order valence-corrected chi connectivity index (χ2v) is 8.36. The lowest BCUT2D eigenvalue weighted by Crippen LogP contribution is -2.29. The molecule has 1 saturated heterocycles. The van der Waals surface area contributed by atoms with Gasteiger partial charge in [-0.25, -0.2) is 4.39 Å². The zero-order valence-corrected chi connectivity index (χ0v) is 19.3. The number of ether oxygens (including phenoxy) is 1. The second kappa shape index (κ2) is 9.62. The quantitative estimate of drug-likeness (QED) is 0.588. The van der Waals surface area contributed by atoms with E-state index in [-0.39, 0.29) is 11.4 Å². The van der Waals surface area contributed by atoms with Gasteiger partial charge < -0.3 is 25.6 Å². The van der Waals surface area contributed by atoms with Crippen LogP contribution in [0.4, 0.5) is 21.5 Å². The number of nitrogens with one attached hydrogen (secondary N) is 1. The molecule has 1 aliphatic heterocycles. The van der Waals surface area contributed by atoms with E-state index in [0.29, 0.717) is 29.1 Å². The number of halogens is 1. The Bertz CT molecular complexity index is 1180. The molecule has 2 heterocycles. The zero-order chi connectivity index (χ0) is 23.5. The summed E-state index contributed by atoms with van der Waals surface area (Å²) in [4.78, 5) is 21.4. The molecular formula is C25H30FN5O2. The Labute approximate surface area is 193 Å². The van der Waals surface area contributed by atoms with Gasteiger partial charge in [-0.3, -0.25) is 9.78 Å². The van der Waals surface area contributed by atoms with Gasteiger partial charge in [0.15, 0.2) is 0 Å². The summed E-state index contributed by atoms with van der Waals surface area (Å²) in [5, 5.41) is 3.99. The molecule has 4 rings (SSSR count). The fourth-order valence-corrected chi connectivity index (χ4v) is 4.21. The van der Waals surface area contributed by atoms with Gasteiger partial charge in [0.25, 0.3) is 5.91 Å². The van der Waals surface area contributed by atoms with E-state index >= 15 is 0 Å². The molecule has 1 aliphatic rings. The van der Waals surface area contributed by atoms with Gasteiger partial charge in [0, 0.05) is 48.5 Å². The van der Waals surface area contributed by atoms with Gasteiger partial charge >= 0.3 is 0 Å². The van der Waals surface area contributed by atoms with Crippen LogP contribution in [0.1, 0.15) is 29.3 Å². The fraction of sp³-hybridized carbons (Fsp3) is 0.360. The average molecular weight is 452 g/mol. The minimum Gasteiger partial charge on any atom is -0.492 e. The summed E-state index contributed by atoms with van der Waals surface area (Å²) in [7, 11) is 2.12. The third-order valence-corrected chi connectivity index (χ3v) is 6.10. The van der Waals surface area contributed by atoms with Crippen LogP contribution in [-0.4, -0.2) is 55.6 Å². The SMILES string of the molecule is CCOc1cc2ncc(C(N)=O)c(Nc3cccc(F)c3C)c2cc1N1CCCN(C)CC1. The van der Waals surface area contributed by atoms with E-state index in [1.807, 2.05) is 19.1 Å². The molecule has 1 aromatic heterocycles. The summed E-state index contributed by atoms with van der Waals surface area (Å²) in [6, 6.07) is 8.71. The normalized spacial score (nSPS) is 14.8. The molecule has 0 bridgehead atoms. The predicted molar refractivity (Wildman–Crippen MR) is 130 cm³/mol. The number of aromatic nitrogens is 1. The number of hydrogen-bond donors (Lipinski definition) is 2. The molecule has 3 aromatic rings. The number of pyridine rings is 1. The van der Waals surface area contributed by atoms with Crippen molar-refractivity contribution in [3.63, 3.8) is 0 Å². The standard InChI is InChI=1S/C25H30FN5O2/c1-4-33-23-14-21-17(13-22(23)31-10-6-9-30(3)11-12-31)24(18(15-28-21)25(27)32)29-20-8-5-7-19(26)16(20)2/h5,7-8,13-15H,4,6,9-12H2,1-3H3,(H2,27,32)(H,28,29). The van der Waals surface area contributed by atoms with E-state index in [1.54, 1.807) is 19.1 Å². The van der Waals surface area contributed by atoms with Crippen molar-refractivity contribution in [2.75, 3.05) is 50.1 Å². The van der Waals surface area contributed by atoms with E-state index in [9.17, 15) is 9.18 Å². The van der Waals surface area contributed by atoms with Gasteiger partial charge in [0.2, 0.25) is 0 Å². The fourth-order valence-electron chi connectivity index (χ4n) is 4.21. The van der Waals surface area contributed by atoms with Crippen molar-refractivity contribution in [3.8, 4) is 5.75 Å². The maximum atomic E-state index is 14.2. The number of benzene rings is 2. The number of carbonyl (C=O) groups excluding carboxylic acids is 1. The molecule has 0 saturated carbocycles. The predicted octanol–water partition coefficient (Wildman–Crippen LogP) is 4.07. The number of anilines is 3. The zero-order valence-electron chi connectivity index (χ0n) is 19.3. The number of primary amides is 1. The highest BCUT2D eigenvalue weighted by Crippen LogP contribution is 2.38. The molecule has 1 amide bonds. The van der Waals surface area contributed by atoms with Gasteiger partial charge in [-0.05, 0) is 52.1 Å². The van der Waals surface area contributed by atoms with Crippen molar-refractivity contribution < 1.29 is 13.9 Å². The first kappa shape index (κ1) is 22.8. The molecule has 7 nitrogen and oxygen atoms in total. The van der Waals surface area contributed by atoms with E-state index in [1.165, 1.54) is 12.3 Å². The van der Waals surface area contributed by atoms with Crippen LogP contribution >= 0.6 is 0 Å². The number of fused-ring (bicyclic) bond motifs is 1. The monoisotopic (exact) mass is 451 g/mol. The van der Waals surface area contributed by atoms with Crippen LogP contribution < -0.4 is 20.7 Å². The van der Waals surface area contributed by atoms with Crippen molar-refractivity contribution in [2.45, 2.75) is 20.3 Å². The number of nitrogens with zero attached hydrogens (tertiary/aromatic N) is 3. The van der Waals surface area contributed by atoms with Gasteiger partial charge in [0.1, 0.15) is 11.6 Å². The Morgan fingerprint density at radius 3 is 2.82 bits per heavy atom. The first-order chi connectivity index (χ1) is 15.9. The van der Waals surface area contributed by atoms with Crippen LogP contribution in [0.5, 0.6) is 5.75 Å². The Balaban J connectivity index is 1.90. The van der Waals surface area contributed by atoms with Gasteiger partial charge in [-0.15, -0.1) is 0 Å². The maximum Gasteiger partial charge on any atom is 0.252 e. The van der Waals surface area contributed by atoms with Crippen molar-refractivity contribution in [1.82, 2.24) is 9.88 Å². The highest BCUT2D eigenvalue weighted by molar-refractivity contribution is 6.08. The Morgan fingerprint density at radius 2 is 2.06 bits per heavy atom. The van der Waals surface area contributed by atoms with Crippen molar-refractivity contribution >= 4 is 33.9 Å². The Kier molecular flexibility index (Phi) is 6.65. The number of nitrogens with two attached hydrogens (primary N) is 1. The number of carbonyl (C=O) groups is 1. The molecular weight excluding hydrogens is 421 g/mol. The van der Waals surface area contributed by atoms with E-state index in [4.69, 9.17) is 10.5 Å². The lowest BCUT2D eigenvalue weighted by Gasteiger charge is -2.26. The van der Waals surface area contributed by atoms with Crippen LogP contribution in [0.25, 0.3) is 10.9 Å². The summed E-state index contributed by atoms with van der Waals surface area (Å²) in [6.45, 7) is 7.90. The Morgan fingerprint density at radius 1 is 1.24 bits per heavy atom. The van der Waals surface area contributed by atoms with Crippen LogP contribution in [0, 0.1) is 12.7 Å². The van der Waals surface area contributed by atoms with Crippen molar-refractivity contribution in [2.24, 2.45) is 5.73 Å². The molecule has 0 unspecified atom stereocenters. The molecule has 0 spiro atoms. The first-order valence-corrected chi connectivity index (χ1v) is 11.2. The molecule has 1 fully saturated rings. The number of amides is 1. The number of hydrogen-bond acceptors (Lipinski definition) is 6. The molecule has 8 heteroatoms. The third-order valence-electron chi connectivity index (χ3n) is 6.10. The lowest BCUT2D eigenvalue weighted by atomic mass is 10.1. The van der Waals surface area contributed by atoms with Crippen molar-refractivity contribution in [1.29, 1.82) is 0 Å². The molecule has 2 aromatic carbocycles. The molecule has 0 radical (unpaired) electrons. The largest absolute Gasteiger partial charge is 0.492 e. The van der Waals surface area contributed by atoms with E-state index in [0.717, 1.165) is 49.4 Å². The lowest BCUT2D eigenvalue weighted by molar-refractivity contribution is 0.100. The van der Waals surface area contributed by atoms with Crippen LogP contribution in [0.3, 0.4) is 0 Å². The summed E-state index contributed by atoms with van der Waals surface area (Å²) < 4.78 is 20.2. The number of rotatable bonds is 6. The molecule has 0 atom stereocenters. The highest BCUT2D eigenvalue weighted by Gasteiger charge is 2.21. The summed E-state index contributed by atoms with van der Waals surface area (Å²) in [5.41, 5.74) is 9.08. The maximum absolute atomic E-state index is 14.2. The molecule has 3 N–H and O–H groups in total. The molecule has 0 aliphatic carbocycles. The number of likely N-dealkylation sites (N-methyl/N-ethyl adjacent to an activating group) is 1. The average Bonchev–Trinajstić information content (AvgIpc) is 3.01. The van der Waals surface area contributed by atoms with Crippen LogP contribution in [-0.2, 0) is 0 Å². The third kappa shape index (κ3) is 4.71. The van der Waals surface area contributed by atoms with Gasteiger partial charge in [-0.1, -0.05) is 6.07 Å². The van der Waals surface area contributed by atoms with E-state index in [2.05, 4.69) is 27.1 Å². The topological polar surface area (TPSA) is 83.7 Å². The van der Waals surface area contributed by atoms with Crippen molar-refractivity contribution in [3.05, 3.63) is 53.5 Å². The highest BCUT2D eigenvalue weighted by atomic mass is 19.1. The van der Waals surface area contributed by atoms with Gasteiger partial charge in [0.05, 0.1) is 29.1 Å². The van der Waals surface area contributed by atoms with Crippen LogP contribution in [0.2, 0.25) is 0 Å². The summed E-state index contributed by atoms with van der Waals surface area (Å²) in [5.74, 6) is -0.179. The smallest absolute Gasteiger partial charge is 0.252 e. The molecule has 174 valence electrons. The molecule has 33 heavy (non-hydrogen) atoms. The second-order valence-electron chi connectivity index (χ2n) is 8.36. The summed E-state index contributed by atoms with van der Waals surface area (Å²) >= 11 is 0. The first-order valence-electron chi connectivity index (χ1n) is 11.2. The Hall–Kier alpha value is -3.39. The summed E-state index contributed by atoms with van der Waals surface area (Å²) in [6.07, 6.45) is 2.49.